The molecular weight excluding hydrogens is 411 g/mol. The van der Waals surface area contributed by atoms with Crippen molar-refractivity contribution in [2.45, 2.75) is 37.9 Å². The molecule has 1 aliphatic heterocycles. The monoisotopic (exact) mass is 436 g/mol. The first-order chi connectivity index (χ1) is 14.2. The zero-order chi connectivity index (χ0) is 21.9. The van der Waals surface area contributed by atoms with Crippen LogP contribution in [0.4, 0.5) is 15.8 Å². The SMILES string of the molecule is CCOC(=O)c1ccc(S(=O)(=O)Nc2ccc(N3CC(C)OC(C)C3)c(F)c2)cc1. The Kier molecular flexibility index (Phi) is 6.62. The van der Waals surface area contributed by atoms with Crippen LogP contribution in [-0.2, 0) is 19.5 Å². The van der Waals surface area contributed by atoms with Gasteiger partial charge in [0, 0.05) is 19.2 Å². The Morgan fingerprint density at radius 1 is 1.17 bits per heavy atom. The second-order valence-electron chi connectivity index (χ2n) is 7.18. The van der Waals surface area contributed by atoms with Gasteiger partial charge < -0.3 is 14.4 Å². The molecule has 0 saturated carbocycles. The van der Waals surface area contributed by atoms with Gasteiger partial charge in [-0.15, -0.1) is 0 Å². The topological polar surface area (TPSA) is 84.9 Å². The number of morpholine rings is 1. The zero-order valence-corrected chi connectivity index (χ0v) is 17.9. The van der Waals surface area contributed by atoms with Gasteiger partial charge in [-0.1, -0.05) is 0 Å². The van der Waals surface area contributed by atoms with Gasteiger partial charge in [0.1, 0.15) is 5.82 Å². The van der Waals surface area contributed by atoms with Crippen molar-refractivity contribution < 1.29 is 27.1 Å². The van der Waals surface area contributed by atoms with Crippen LogP contribution in [0, 0.1) is 5.82 Å². The second-order valence-corrected chi connectivity index (χ2v) is 8.86. The summed E-state index contributed by atoms with van der Waals surface area (Å²) in [4.78, 5) is 13.5. The molecule has 2 atom stereocenters. The van der Waals surface area contributed by atoms with Gasteiger partial charge in [0.05, 0.1) is 40.6 Å². The van der Waals surface area contributed by atoms with Crippen LogP contribution >= 0.6 is 0 Å². The largest absolute Gasteiger partial charge is 0.462 e. The number of nitrogens with one attached hydrogen (secondary N) is 1. The fourth-order valence-corrected chi connectivity index (χ4v) is 4.45. The number of hydrogen-bond acceptors (Lipinski definition) is 6. The van der Waals surface area contributed by atoms with Gasteiger partial charge >= 0.3 is 5.97 Å². The van der Waals surface area contributed by atoms with Crippen molar-refractivity contribution in [3.8, 4) is 0 Å². The molecule has 0 radical (unpaired) electrons. The summed E-state index contributed by atoms with van der Waals surface area (Å²) in [6.45, 7) is 6.88. The number of nitrogens with zero attached hydrogens (tertiary/aromatic N) is 1. The lowest BCUT2D eigenvalue weighted by atomic mass is 10.2. The minimum Gasteiger partial charge on any atom is -0.462 e. The molecule has 0 spiro atoms. The molecule has 0 aliphatic carbocycles. The molecule has 162 valence electrons. The van der Waals surface area contributed by atoms with E-state index in [1.807, 2.05) is 18.7 Å². The molecule has 0 amide bonds. The van der Waals surface area contributed by atoms with Gasteiger partial charge in [0.2, 0.25) is 0 Å². The molecule has 1 aliphatic rings. The summed E-state index contributed by atoms with van der Waals surface area (Å²) in [5, 5.41) is 0. The number of hydrogen-bond donors (Lipinski definition) is 1. The van der Waals surface area contributed by atoms with Gasteiger partial charge in [-0.3, -0.25) is 4.72 Å². The maximum atomic E-state index is 14.7. The van der Waals surface area contributed by atoms with Crippen molar-refractivity contribution in [2.24, 2.45) is 0 Å². The number of halogens is 1. The van der Waals surface area contributed by atoms with Crippen LogP contribution in [0.3, 0.4) is 0 Å². The smallest absolute Gasteiger partial charge is 0.338 e. The van der Waals surface area contributed by atoms with E-state index in [1.165, 1.54) is 30.3 Å². The van der Waals surface area contributed by atoms with E-state index in [0.29, 0.717) is 18.8 Å². The number of ether oxygens (including phenoxy) is 2. The fraction of sp³-hybridized carbons (Fsp3) is 0.381. The predicted octanol–water partition coefficient (Wildman–Crippen LogP) is 3.42. The van der Waals surface area contributed by atoms with E-state index < -0.39 is 21.8 Å². The molecule has 2 aromatic carbocycles. The molecule has 1 N–H and O–H groups in total. The fourth-order valence-electron chi connectivity index (χ4n) is 3.40. The molecular formula is C21H25FN2O5S. The van der Waals surface area contributed by atoms with Crippen LogP contribution in [0.25, 0.3) is 0 Å². The van der Waals surface area contributed by atoms with Crippen LogP contribution in [0.2, 0.25) is 0 Å². The van der Waals surface area contributed by atoms with Gasteiger partial charge in [-0.05, 0) is 57.2 Å². The average Bonchev–Trinajstić information content (AvgIpc) is 2.67. The summed E-state index contributed by atoms with van der Waals surface area (Å²) in [5.74, 6) is -1.05. The normalized spacial score (nSPS) is 19.4. The summed E-state index contributed by atoms with van der Waals surface area (Å²) < 4.78 is 52.9. The first kappa shape index (κ1) is 22.0. The first-order valence-corrected chi connectivity index (χ1v) is 11.2. The summed E-state index contributed by atoms with van der Waals surface area (Å²) in [7, 11) is -3.94. The Hall–Kier alpha value is -2.65. The molecule has 30 heavy (non-hydrogen) atoms. The third-order valence-electron chi connectivity index (χ3n) is 4.64. The third-order valence-corrected chi connectivity index (χ3v) is 6.03. The number of esters is 1. The van der Waals surface area contributed by atoms with E-state index in [0.717, 1.165) is 6.07 Å². The van der Waals surface area contributed by atoms with Crippen LogP contribution in [0.5, 0.6) is 0 Å². The number of anilines is 2. The number of carbonyl (C=O) groups is 1. The summed E-state index contributed by atoms with van der Waals surface area (Å²) in [6, 6.07) is 9.58. The van der Waals surface area contributed by atoms with E-state index in [1.54, 1.807) is 13.0 Å². The standard InChI is InChI=1S/C21H25FN2O5S/c1-4-28-21(25)16-5-8-18(9-6-16)30(26,27)23-17-7-10-20(19(22)11-17)24-12-14(2)29-15(3)13-24/h5-11,14-15,23H,4,12-13H2,1-3H3. The van der Waals surface area contributed by atoms with Crippen molar-refractivity contribution in [2.75, 3.05) is 29.3 Å². The predicted molar refractivity (Wildman–Crippen MR) is 112 cm³/mol. The maximum Gasteiger partial charge on any atom is 0.338 e. The first-order valence-electron chi connectivity index (χ1n) is 9.69. The Labute approximate surface area is 175 Å². The van der Waals surface area contributed by atoms with Gasteiger partial charge in [-0.25, -0.2) is 17.6 Å². The van der Waals surface area contributed by atoms with E-state index in [4.69, 9.17) is 9.47 Å². The Balaban J connectivity index is 1.75. The Morgan fingerprint density at radius 3 is 2.37 bits per heavy atom. The quantitative estimate of drug-likeness (QED) is 0.699. The van der Waals surface area contributed by atoms with Gasteiger partial charge in [-0.2, -0.15) is 0 Å². The van der Waals surface area contributed by atoms with Crippen LogP contribution < -0.4 is 9.62 Å². The second kappa shape index (κ2) is 9.01. The van der Waals surface area contributed by atoms with Crippen molar-refractivity contribution in [1.82, 2.24) is 0 Å². The molecule has 3 rings (SSSR count). The zero-order valence-electron chi connectivity index (χ0n) is 17.1. The molecule has 1 fully saturated rings. The lowest BCUT2D eigenvalue weighted by Gasteiger charge is -2.37. The highest BCUT2D eigenvalue weighted by Gasteiger charge is 2.25. The highest BCUT2D eigenvalue weighted by Crippen LogP contribution is 2.27. The molecule has 7 nitrogen and oxygen atoms in total. The summed E-state index contributed by atoms with van der Waals surface area (Å²) in [6.07, 6.45) is -0.0483. The molecule has 2 aromatic rings. The van der Waals surface area contributed by atoms with E-state index in [-0.39, 0.29) is 35.0 Å². The minimum atomic E-state index is -3.94. The lowest BCUT2D eigenvalue weighted by molar-refractivity contribution is -0.00539. The van der Waals surface area contributed by atoms with Crippen LogP contribution in [0.1, 0.15) is 31.1 Å². The van der Waals surface area contributed by atoms with Crippen LogP contribution in [0.15, 0.2) is 47.4 Å². The number of sulfonamides is 1. The third kappa shape index (κ3) is 5.09. The lowest BCUT2D eigenvalue weighted by Crippen LogP contribution is -2.45. The maximum absolute atomic E-state index is 14.7. The van der Waals surface area contributed by atoms with Gasteiger partial charge in [0.25, 0.3) is 10.0 Å². The summed E-state index contributed by atoms with van der Waals surface area (Å²) >= 11 is 0. The van der Waals surface area contributed by atoms with E-state index in [9.17, 15) is 17.6 Å². The van der Waals surface area contributed by atoms with E-state index in [2.05, 4.69) is 4.72 Å². The molecule has 2 unspecified atom stereocenters. The van der Waals surface area contributed by atoms with Crippen molar-refractivity contribution in [3.05, 3.63) is 53.8 Å². The van der Waals surface area contributed by atoms with Crippen molar-refractivity contribution in [3.63, 3.8) is 0 Å². The van der Waals surface area contributed by atoms with Crippen molar-refractivity contribution in [1.29, 1.82) is 0 Å². The van der Waals surface area contributed by atoms with Crippen molar-refractivity contribution >= 4 is 27.4 Å². The van der Waals surface area contributed by atoms with E-state index >= 15 is 0 Å². The Morgan fingerprint density at radius 2 is 1.80 bits per heavy atom. The number of rotatable bonds is 6. The Bertz CT molecular complexity index is 1000. The van der Waals surface area contributed by atoms with Crippen LogP contribution in [-0.4, -0.2) is 46.3 Å². The number of benzene rings is 2. The van der Waals surface area contributed by atoms with Gasteiger partial charge in [0.15, 0.2) is 0 Å². The molecule has 9 heteroatoms. The number of carbonyl (C=O) groups excluding carboxylic acids is 1. The minimum absolute atomic E-state index is 0.0242. The highest BCUT2D eigenvalue weighted by molar-refractivity contribution is 7.92. The molecule has 1 saturated heterocycles. The average molecular weight is 437 g/mol. The summed E-state index contributed by atoms with van der Waals surface area (Å²) in [5.41, 5.74) is 0.763. The molecule has 0 bridgehead atoms. The highest BCUT2D eigenvalue weighted by atomic mass is 32.2. The molecule has 1 heterocycles. The molecule has 0 aromatic heterocycles.